The largest absolute Gasteiger partial charge is 0.481 e. The van der Waals surface area contributed by atoms with E-state index >= 15 is 0 Å². The van der Waals surface area contributed by atoms with Crippen LogP contribution in [0.25, 0.3) is 0 Å². The van der Waals surface area contributed by atoms with E-state index in [9.17, 15) is 23.2 Å². The molecule has 8 heteroatoms. The maximum absolute atomic E-state index is 13.5. The average molecular weight is 346 g/mol. The Morgan fingerprint density at radius 1 is 1.12 bits per heavy atom. The lowest BCUT2D eigenvalue weighted by atomic mass is 10.0. The highest BCUT2D eigenvalue weighted by Crippen LogP contribution is 2.34. The summed E-state index contributed by atoms with van der Waals surface area (Å²) in [5.74, 6) is -5.07. The number of anilines is 2. The zero-order valence-corrected chi connectivity index (χ0v) is 12.7. The van der Waals surface area contributed by atoms with Gasteiger partial charge in [-0.05, 0) is 30.3 Å². The summed E-state index contributed by atoms with van der Waals surface area (Å²) in [5, 5.41) is 11.6. The molecule has 0 fully saturated rings. The number of amides is 2. The summed E-state index contributed by atoms with van der Waals surface area (Å²) in [5.41, 5.74) is 0.409. The van der Waals surface area contributed by atoms with Crippen LogP contribution >= 0.6 is 0 Å². The van der Waals surface area contributed by atoms with Gasteiger partial charge < -0.3 is 10.4 Å². The van der Waals surface area contributed by atoms with Gasteiger partial charge in [-0.1, -0.05) is 12.1 Å². The maximum Gasteiger partial charge on any atom is 0.306 e. The monoisotopic (exact) mass is 346 g/mol. The van der Waals surface area contributed by atoms with E-state index in [1.807, 2.05) is 0 Å². The molecule has 0 spiro atoms. The zero-order valence-electron chi connectivity index (χ0n) is 12.7. The number of para-hydroxylation sites is 2. The first-order valence-electron chi connectivity index (χ1n) is 7.29. The number of carbonyl (C=O) groups excluding carboxylic acids is 2. The Morgan fingerprint density at radius 2 is 1.84 bits per heavy atom. The number of hydrogen-bond acceptors (Lipinski definition) is 3. The molecule has 0 saturated carbocycles. The molecule has 2 aromatic carbocycles. The molecule has 0 aromatic heterocycles. The molecule has 1 aliphatic heterocycles. The number of hydrogen-bond donors (Lipinski definition) is 2. The maximum atomic E-state index is 13.5. The predicted molar refractivity (Wildman–Crippen MR) is 84.3 cm³/mol. The van der Waals surface area contributed by atoms with E-state index in [0.717, 1.165) is 17.0 Å². The van der Waals surface area contributed by atoms with Gasteiger partial charge in [0.15, 0.2) is 11.6 Å². The molecular formula is C17H12F2N2O4. The zero-order chi connectivity index (χ0) is 18.1. The van der Waals surface area contributed by atoms with Crippen LogP contribution in [0.1, 0.15) is 16.8 Å². The second-order valence-electron chi connectivity index (χ2n) is 5.42. The van der Waals surface area contributed by atoms with Gasteiger partial charge in [0.1, 0.15) is 6.04 Å². The number of carboxylic acid groups (broad SMARTS) is 1. The summed E-state index contributed by atoms with van der Waals surface area (Å²) in [7, 11) is 0. The normalized spacial score (nSPS) is 16.2. The van der Waals surface area contributed by atoms with Crippen LogP contribution in [-0.4, -0.2) is 28.9 Å². The lowest BCUT2D eigenvalue weighted by molar-refractivity contribution is -0.138. The molecule has 0 aliphatic carbocycles. The molecule has 2 amide bonds. The SMILES string of the molecule is O=C(O)C[C@@H]1C(=O)Nc2ccccc2N1C(=O)c1ccc(F)c(F)c1. The Hall–Kier alpha value is -3.29. The van der Waals surface area contributed by atoms with Crippen LogP contribution in [0.4, 0.5) is 20.2 Å². The lowest BCUT2D eigenvalue weighted by Crippen LogP contribution is -2.52. The predicted octanol–water partition coefficient (Wildman–Crippen LogP) is 2.41. The molecule has 128 valence electrons. The summed E-state index contributed by atoms with van der Waals surface area (Å²) < 4.78 is 26.6. The molecule has 0 unspecified atom stereocenters. The highest BCUT2D eigenvalue weighted by atomic mass is 19.2. The minimum absolute atomic E-state index is 0.196. The number of carbonyl (C=O) groups is 3. The number of halogens is 2. The third-order valence-corrected chi connectivity index (χ3v) is 3.79. The molecule has 25 heavy (non-hydrogen) atoms. The highest BCUT2D eigenvalue weighted by molar-refractivity contribution is 6.17. The highest BCUT2D eigenvalue weighted by Gasteiger charge is 2.38. The number of aliphatic carboxylic acids is 1. The van der Waals surface area contributed by atoms with E-state index in [2.05, 4.69) is 5.32 Å². The van der Waals surface area contributed by atoms with Crippen LogP contribution < -0.4 is 10.2 Å². The van der Waals surface area contributed by atoms with Crippen LogP contribution in [0.2, 0.25) is 0 Å². The number of carboxylic acids is 1. The van der Waals surface area contributed by atoms with E-state index in [-0.39, 0.29) is 11.3 Å². The van der Waals surface area contributed by atoms with Gasteiger partial charge in [-0.3, -0.25) is 19.3 Å². The van der Waals surface area contributed by atoms with Gasteiger partial charge in [-0.2, -0.15) is 0 Å². The average Bonchev–Trinajstić information content (AvgIpc) is 2.57. The Kier molecular flexibility index (Phi) is 4.18. The van der Waals surface area contributed by atoms with Gasteiger partial charge in [-0.25, -0.2) is 8.78 Å². The Morgan fingerprint density at radius 3 is 2.52 bits per heavy atom. The number of nitrogens with one attached hydrogen (secondary N) is 1. The van der Waals surface area contributed by atoms with E-state index < -0.39 is 41.9 Å². The fourth-order valence-corrected chi connectivity index (χ4v) is 2.66. The molecule has 0 saturated heterocycles. The Bertz CT molecular complexity index is 885. The number of benzene rings is 2. The van der Waals surface area contributed by atoms with Crippen molar-refractivity contribution in [2.24, 2.45) is 0 Å². The Balaban J connectivity index is 2.10. The van der Waals surface area contributed by atoms with Crippen LogP contribution in [0.3, 0.4) is 0 Å². The van der Waals surface area contributed by atoms with Crippen molar-refractivity contribution in [3.05, 3.63) is 59.7 Å². The van der Waals surface area contributed by atoms with Gasteiger partial charge in [0.05, 0.1) is 17.8 Å². The summed E-state index contributed by atoms with van der Waals surface area (Å²) >= 11 is 0. The van der Waals surface area contributed by atoms with E-state index in [0.29, 0.717) is 11.8 Å². The summed E-state index contributed by atoms with van der Waals surface area (Å²) in [6.45, 7) is 0. The molecule has 0 bridgehead atoms. The number of fused-ring (bicyclic) bond motifs is 1. The second kappa shape index (κ2) is 6.31. The lowest BCUT2D eigenvalue weighted by Gasteiger charge is -2.35. The Labute approximate surface area is 140 Å². The fraction of sp³-hybridized carbons (Fsp3) is 0.118. The van der Waals surface area contributed by atoms with Crippen molar-refractivity contribution in [3.8, 4) is 0 Å². The van der Waals surface area contributed by atoms with Crippen LogP contribution in [-0.2, 0) is 9.59 Å². The molecule has 0 radical (unpaired) electrons. The van der Waals surface area contributed by atoms with E-state index in [1.165, 1.54) is 6.07 Å². The van der Waals surface area contributed by atoms with E-state index in [4.69, 9.17) is 5.11 Å². The first kappa shape index (κ1) is 16.6. The van der Waals surface area contributed by atoms with Crippen LogP contribution in [0.15, 0.2) is 42.5 Å². The van der Waals surface area contributed by atoms with Crippen molar-refractivity contribution in [1.29, 1.82) is 0 Å². The molecular weight excluding hydrogens is 334 g/mol. The molecule has 1 atom stereocenters. The van der Waals surface area contributed by atoms with Crippen molar-refractivity contribution in [2.45, 2.75) is 12.5 Å². The van der Waals surface area contributed by atoms with Gasteiger partial charge in [0.25, 0.3) is 5.91 Å². The fourth-order valence-electron chi connectivity index (χ4n) is 2.66. The molecule has 6 nitrogen and oxygen atoms in total. The first-order chi connectivity index (χ1) is 11.9. The quantitative estimate of drug-likeness (QED) is 0.894. The molecule has 1 heterocycles. The second-order valence-corrected chi connectivity index (χ2v) is 5.42. The molecule has 2 aromatic rings. The van der Waals surface area contributed by atoms with Crippen molar-refractivity contribution in [1.82, 2.24) is 0 Å². The van der Waals surface area contributed by atoms with E-state index in [1.54, 1.807) is 18.2 Å². The molecule has 2 N–H and O–H groups in total. The topological polar surface area (TPSA) is 86.7 Å². The van der Waals surface area contributed by atoms with Gasteiger partial charge >= 0.3 is 5.97 Å². The summed E-state index contributed by atoms with van der Waals surface area (Å²) in [6, 6.07) is 7.60. The standard InChI is InChI=1S/C17H12F2N2O4/c18-10-6-5-9(7-11(10)19)17(25)21-13-4-2-1-3-12(13)20-16(24)14(21)8-15(22)23/h1-7,14H,8H2,(H,20,24)(H,22,23)/t14-/m1/s1. The minimum Gasteiger partial charge on any atom is -0.481 e. The summed E-state index contributed by atoms with van der Waals surface area (Å²) in [4.78, 5) is 37.2. The van der Waals surface area contributed by atoms with Gasteiger partial charge in [0.2, 0.25) is 5.91 Å². The molecule has 3 rings (SSSR count). The van der Waals surface area contributed by atoms with Crippen molar-refractivity contribution >= 4 is 29.2 Å². The third-order valence-electron chi connectivity index (χ3n) is 3.79. The van der Waals surface area contributed by atoms with Crippen LogP contribution in [0, 0.1) is 11.6 Å². The number of nitrogens with zero attached hydrogens (tertiary/aromatic N) is 1. The third kappa shape index (κ3) is 3.06. The van der Waals surface area contributed by atoms with Crippen molar-refractivity contribution in [2.75, 3.05) is 10.2 Å². The van der Waals surface area contributed by atoms with Crippen LogP contribution in [0.5, 0.6) is 0 Å². The van der Waals surface area contributed by atoms with Crippen molar-refractivity contribution < 1.29 is 28.3 Å². The van der Waals surface area contributed by atoms with Crippen molar-refractivity contribution in [3.63, 3.8) is 0 Å². The smallest absolute Gasteiger partial charge is 0.306 e. The van der Waals surface area contributed by atoms with Gasteiger partial charge in [-0.15, -0.1) is 0 Å². The summed E-state index contributed by atoms with van der Waals surface area (Å²) in [6.07, 6.45) is -0.629. The first-order valence-corrected chi connectivity index (χ1v) is 7.29. The minimum atomic E-state index is -1.31. The van der Waals surface area contributed by atoms with Gasteiger partial charge in [0, 0.05) is 5.56 Å². The molecule has 1 aliphatic rings. The number of rotatable bonds is 3.